The number of pyridine rings is 1. The van der Waals surface area contributed by atoms with E-state index >= 15 is 0 Å². The Kier molecular flexibility index (Phi) is 4.78. The quantitative estimate of drug-likeness (QED) is 0.399. The first kappa shape index (κ1) is 19.7. The second kappa shape index (κ2) is 7.77. The summed E-state index contributed by atoms with van der Waals surface area (Å²) >= 11 is 0. The van der Waals surface area contributed by atoms with Crippen LogP contribution in [0.2, 0.25) is 0 Å². The van der Waals surface area contributed by atoms with Crippen LogP contribution in [0.5, 0.6) is 0 Å². The van der Waals surface area contributed by atoms with Gasteiger partial charge in [0.25, 0.3) is 0 Å². The van der Waals surface area contributed by atoms with Crippen molar-refractivity contribution < 1.29 is 9.18 Å². The monoisotopic (exact) mass is 427 g/mol. The van der Waals surface area contributed by atoms with Gasteiger partial charge >= 0.3 is 0 Å². The smallest absolute Gasteiger partial charge is 0.186 e. The highest BCUT2D eigenvalue weighted by Gasteiger charge is 2.21. The summed E-state index contributed by atoms with van der Waals surface area (Å²) in [5.41, 5.74) is 3.83. The Morgan fingerprint density at radius 2 is 1.94 bits per heavy atom. The topological polar surface area (TPSA) is 90.9 Å². The molecule has 8 nitrogen and oxygen atoms in total. The van der Waals surface area contributed by atoms with Crippen molar-refractivity contribution in [2.45, 2.75) is 13.3 Å². The second-order valence-corrected chi connectivity index (χ2v) is 7.43. The molecule has 158 valence electrons. The molecule has 0 saturated carbocycles. The molecule has 0 unspecified atom stereocenters. The number of halogens is 1. The van der Waals surface area contributed by atoms with Crippen LogP contribution in [-0.4, -0.2) is 40.1 Å². The SMILES string of the molecule is Cc1cc(-c2cnn(C)c2C(=O)Cc2cc3nc(-c4ccccc4)nn3cc2F)ncn1. The average Bonchev–Trinajstić information content (AvgIpc) is 3.38. The van der Waals surface area contributed by atoms with Crippen molar-refractivity contribution in [3.63, 3.8) is 0 Å². The molecule has 4 aromatic heterocycles. The third kappa shape index (κ3) is 3.53. The zero-order valence-electron chi connectivity index (χ0n) is 17.4. The first-order chi connectivity index (χ1) is 15.5. The average molecular weight is 427 g/mol. The lowest BCUT2D eigenvalue weighted by Gasteiger charge is -2.07. The Morgan fingerprint density at radius 3 is 2.72 bits per heavy atom. The normalized spacial score (nSPS) is 11.2. The summed E-state index contributed by atoms with van der Waals surface area (Å²) in [6, 6.07) is 12.8. The van der Waals surface area contributed by atoms with Gasteiger partial charge in [-0.25, -0.2) is 23.9 Å². The molecule has 5 rings (SSSR count). The van der Waals surface area contributed by atoms with Gasteiger partial charge in [-0.05, 0) is 19.1 Å². The summed E-state index contributed by atoms with van der Waals surface area (Å²) in [5, 5.41) is 8.55. The van der Waals surface area contributed by atoms with Crippen LogP contribution in [0.25, 0.3) is 28.3 Å². The number of carbonyl (C=O) groups excluding carboxylic acids is 1. The van der Waals surface area contributed by atoms with Crippen LogP contribution in [0.4, 0.5) is 4.39 Å². The number of benzene rings is 1. The molecule has 32 heavy (non-hydrogen) atoms. The highest BCUT2D eigenvalue weighted by Crippen LogP contribution is 2.24. The molecule has 0 bridgehead atoms. The highest BCUT2D eigenvalue weighted by atomic mass is 19.1. The maximum atomic E-state index is 14.8. The summed E-state index contributed by atoms with van der Waals surface area (Å²) in [7, 11) is 1.68. The summed E-state index contributed by atoms with van der Waals surface area (Å²) in [6.07, 6.45) is 4.12. The molecule has 0 fully saturated rings. The molecule has 0 atom stereocenters. The van der Waals surface area contributed by atoms with Gasteiger partial charge in [-0.1, -0.05) is 30.3 Å². The van der Waals surface area contributed by atoms with Crippen LogP contribution in [-0.2, 0) is 13.5 Å². The van der Waals surface area contributed by atoms with E-state index in [1.54, 1.807) is 25.4 Å². The molecule has 0 amide bonds. The number of fused-ring (bicyclic) bond motifs is 1. The minimum Gasteiger partial charge on any atom is -0.292 e. The number of rotatable bonds is 5. The van der Waals surface area contributed by atoms with E-state index in [-0.39, 0.29) is 17.8 Å². The molecule has 9 heteroatoms. The first-order valence-electron chi connectivity index (χ1n) is 9.94. The fraction of sp³-hybridized carbons (Fsp3) is 0.130. The fourth-order valence-corrected chi connectivity index (χ4v) is 3.60. The second-order valence-electron chi connectivity index (χ2n) is 7.43. The molecule has 0 saturated heterocycles. The van der Waals surface area contributed by atoms with E-state index in [4.69, 9.17) is 0 Å². The Bertz CT molecular complexity index is 1460. The predicted molar refractivity (Wildman–Crippen MR) is 115 cm³/mol. The van der Waals surface area contributed by atoms with Crippen LogP contribution in [0.3, 0.4) is 0 Å². The molecule has 0 N–H and O–H groups in total. The lowest BCUT2D eigenvalue weighted by Crippen LogP contribution is -2.12. The number of nitrogens with zero attached hydrogens (tertiary/aromatic N) is 7. The maximum Gasteiger partial charge on any atom is 0.186 e. The van der Waals surface area contributed by atoms with Crippen molar-refractivity contribution in [1.82, 2.24) is 34.3 Å². The lowest BCUT2D eigenvalue weighted by molar-refractivity contribution is 0.0983. The fourth-order valence-electron chi connectivity index (χ4n) is 3.60. The van der Waals surface area contributed by atoms with E-state index < -0.39 is 5.82 Å². The van der Waals surface area contributed by atoms with Gasteiger partial charge < -0.3 is 0 Å². The van der Waals surface area contributed by atoms with Gasteiger partial charge in [0.2, 0.25) is 0 Å². The highest BCUT2D eigenvalue weighted by molar-refractivity contribution is 6.01. The van der Waals surface area contributed by atoms with Crippen LogP contribution < -0.4 is 0 Å². The van der Waals surface area contributed by atoms with Gasteiger partial charge in [0.05, 0.1) is 18.1 Å². The van der Waals surface area contributed by atoms with Gasteiger partial charge in [0.1, 0.15) is 17.8 Å². The molecule has 5 aromatic rings. The molecule has 1 aromatic carbocycles. The van der Waals surface area contributed by atoms with E-state index in [9.17, 15) is 9.18 Å². The zero-order valence-corrected chi connectivity index (χ0v) is 17.4. The molecule has 4 heterocycles. The van der Waals surface area contributed by atoms with Crippen molar-refractivity contribution in [3.8, 4) is 22.6 Å². The standard InChI is InChI=1S/C23H18FN7O/c1-14-8-19(26-13-25-14)17-11-27-30(2)22(17)20(32)9-16-10-21-28-23(15-6-4-3-5-7-15)29-31(21)12-18(16)24/h3-8,10-13H,9H2,1-2H3. The molecular weight excluding hydrogens is 409 g/mol. The van der Waals surface area contributed by atoms with E-state index in [1.165, 1.54) is 21.7 Å². The van der Waals surface area contributed by atoms with E-state index in [1.807, 2.05) is 37.3 Å². The number of ketones is 1. The lowest BCUT2D eigenvalue weighted by atomic mass is 10.0. The molecule has 0 radical (unpaired) electrons. The minimum absolute atomic E-state index is 0.146. The molecule has 0 aliphatic carbocycles. The number of aromatic nitrogens is 7. The Hall–Kier alpha value is -4.27. The third-order valence-electron chi connectivity index (χ3n) is 5.17. The number of hydrogen-bond acceptors (Lipinski definition) is 6. The van der Waals surface area contributed by atoms with Crippen LogP contribution in [0.15, 0.2) is 61.2 Å². The third-order valence-corrected chi connectivity index (χ3v) is 5.17. The molecular formula is C23H18FN7O. The van der Waals surface area contributed by atoms with Gasteiger partial charge in [-0.15, -0.1) is 5.10 Å². The Labute approximate surface area is 182 Å². The summed E-state index contributed by atoms with van der Waals surface area (Å²) in [6.45, 7) is 1.84. The zero-order chi connectivity index (χ0) is 22.2. The maximum absolute atomic E-state index is 14.8. The van der Waals surface area contributed by atoms with Crippen molar-refractivity contribution in [2.24, 2.45) is 7.05 Å². The van der Waals surface area contributed by atoms with Crippen molar-refractivity contribution in [1.29, 1.82) is 0 Å². The first-order valence-corrected chi connectivity index (χ1v) is 9.94. The van der Waals surface area contributed by atoms with Gasteiger partial charge in [-0.3, -0.25) is 9.48 Å². The van der Waals surface area contributed by atoms with Crippen LogP contribution >= 0.6 is 0 Å². The van der Waals surface area contributed by atoms with E-state index in [2.05, 4.69) is 25.1 Å². The van der Waals surface area contributed by atoms with Crippen molar-refractivity contribution in [2.75, 3.05) is 0 Å². The largest absolute Gasteiger partial charge is 0.292 e. The Balaban J connectivity index is 1.49. The van der Waals surface area contributed by atoms with Gasteiger partial charge in [-0.2, -0.15) is 5.10 Å². The Morgan fingerprint density at radius 1 is 1.12 bits per heavy atom. The van der Waals surface area contributed by atoms with Crippen molar-refractivity contribution >= 4 is 11.4 Å². The summed E-state index contributed by atoms with van der Waals surface area (Å²) in [4.78, 5) is 26.0. The number of hydrogen-bond donors (Lipinski definition) is 0. The van der Waals surface area contributed by atoms with Crippen LogP contribution in [0, 0.1) is 12.7 Å². The summed E-state index contributed by atoms with van der Waals surface area (Å²) in [5.74, 6) is -0.319. The number of aryl methyl sites for hydroxylation is 2. The van der Waals surface area contributed by atoms with Gasteiger partial charge in [0, 0.05) is 35.9 Å². The van der Waals surface area contributed by atoms with E-state index in [0.717, 1.165) is 11.3 Å². The predicted octanol–water partition coefficient (Wildman–Crippen LogP) is 3.46. The van der Waals surface area contributed by atoms with Crippen LogP contribution in [0.1, 0.15) is 21.7 Å². The molecule has 0 spiro atoms. The van der Waals surface area contributed by atoms with E-state index in [0.29, 0.717) is 28.4 Å². The van der Waals surface area contributed by atoms with Gasteiger partial charge in [0.15, 0.2) is 17.3 Å². The number of carbonyl (C=O) groups is 1. The molecule has 0 aliphatic heterocycles. The van der Waals surface area contributed by atoms with Crippen molar-refractivity contribution in [3.05, 3.63) is 84.0 Å². The number of Topliss-reactive ketones (excluding diaryl/α,β-unsaturated/α-hetero) is 1. The minimum atomic E-state index is -0.531. The summed E-state index contributed by atoms with van der Waals surface area (Å²) < 4.78 is 17.7. The molecule has 0 aliphatic rings.